The molecule has 1 aliphatic carbocycles. The van der Waals surface area contributed by atoms with Crippen LogP contribution >= 0.6 is 0 Å². The van der Waals surface area contributed by atoms with Crippen molar-refractivity contribution in [2.45, 2.75) is 32.2 Å². The molecule has 0 aromatic heterocycles. The monoisotopic (exact) mass is 261 g/mol. The van der Waals surface area contributed by atoms with E-state index < -0.39 is 0 Å². The van der Waals surface area contributed by atoms with Crippen LogP contribution in [0.25, 0.3) is 0 Å². The number of rotatable bonds is 2. The van der Waals surface area contributed by atoms with Crippen LogP contribution in [0.15, 0.2) is 29.3 Å². The van der Waals surface area contributed by atoms with Gasteiger partial charge < -0.3 is 10.6 Å². The molecule has 102 valence electrons. The molecule has 0 bridgehead atoms. The van der Waals surface area contributed by atoms with Crippen LogP contribution in [-0.4, -0.2) is 18.0 Å². The molecule has 0 amide bonds. The van der Waals surface area contributed by atoms with Gasteiger partial charge >= 0.3 is 0 Å². The molecule has 1 aromatic carbocycles. The van der Waals surface area contributed by atoms with E-state index in [1.807, 2.05) is 11.0 Å². The fourth-order valence-corrected chi connectivity index (χ4v) is 3.33. The van der Waals surface area contributed by atoms with Crippen LogP contribution in [0.2, 0.25) is 0 Å². The fourth-order valence-electron chi connectivity index (χ4n) is 3.33. The molecule has 1 spiro atoms. The lowest BCUT2D eigenvalue weighted by molar-refractivity contribution is 0.121. The zero-order chi connectivity index (χ0) is 13.6. The average molecular weight is 261 g/mol. The summed E-state index contributed by atoms with van der Waals surface area (Å²) in [5, 5.41) is 0. The van der Waals surface area contributed by atoms with Crippen molar-refractivity contribution in [3.8, 4) is 0 Å². The summed E-state index contributed by atoms with van der Waals surface area (Å²) >= 11 is 0. The third-order valence-electron chi connectivity index (χ3n) is 4.53. The second-order valence-corrected chi connectivity index (χ2v) is 6.13. The quantitative estimate of drug-likeness (QED) is 0.889. The maximum atomic E-state index is 13.4. The van der Waals surface area contributed by atoms with Crippen molar-refractivity contribution in [1.82, 2.24) is 0 Å². The minimum absolute atomic E-state index is 0.00713. The van der Waals surface area contributed by atoms with Crippen molar-refractivity contribution in [3.05, 3.63) is 30.1 Å². The lowest BCUT2D eigenvalue weighted by Crippen LogP contribution is -2.60. The number of nitrogens with zero attached hydrogens (tertiary/aromatic N) is 2. The molecule has 2 N–H and O–H groups in total. The number of aliphatic imine (C=N–C) groups is 1. The van der Waals surface area contributed by atoms with Crippen LogP contribution < -0.4 is 10.6 Å². The Labute approximate surface area is 113 Å². The van der Waals surface area contributed by atoms with Gasteiger partial charge in [0.2, 0.25) is 0 Å². The highest BCUT2D eigenvalue weighted by Crippen LogP contribution is 2.49. The SMILES string of the molecule is CC(C)C1CC2(CN=C(N)N2c2cccc(F)c2)C1. The van der Waals surface area contributed by atoms with Crippen molar-refractivity contribution in [3.63, 3.8) is 0 Å². The number of guanidine groups is 1. The Kier molecular flexibility index (Phi) is 2.77. The summed E-state index contributed by atoms with van der Waals surface area (Å²) in [6, 6.07) is 6.62. The molecule has 4 heteroatoms. The Morgan fingerprint density at radius 2 is 2.16 bits per heavy atom. The number of benzene rings is 1. The summed E-state index contributed by atoms with van der Waals surface area (Å²) in [7, 11) is 0. The van der Waals surface area contributed by atoms with Gasteiger partial charge in [-0.3, -0.25) is 4.99 Å². The molecule has 3 nitrogen and oxygen atoms in total. The first-order valence-corrected chi connectivity index (χ1v) is 6.87. The van der Waals surface area contributed by atoms with Gasteiger partial charge in [-0.15, -0.1) is 0 Å². The van der Waals surface area contributed by atoms with Crippen LogP contribution in [0.1, 0.15) is 26.7 Å². The highest BCUT2D eigenvalue weighted by Gasteiger charge is 2.53. The van der Waals surface area contributed by atoms with Crippen LogP contribution in [0.5, 0.6) is 0 Å². The molecule has 3 rings (SSSR count). The predicted molar refractivity (Wildman–Crippen MR) is 75.7 cm³/mol. The zero-order valence-electron chi connectivity index (χ0n) is 11.4. The molecular formula is C15H20FN3. The van der Waals surface area contributed by atoms with Crippen LogP contribution in [-0.2, 0) is 0 Å². The normalized spacial score (nSPS) is 29.8. The van der Waals surface area contributed by atoms with Gasteiger partial charge in [0.25, 0.3) is 0 Å². The summed E-state index contributed by atoms with van der Waals surface area (Å²) < 4.78 is 13.4. The van der Waals surface area contributed by atoms with E-state index in [-0.39, 0.29) is 11.4 Å². The van der Waals surface area contributed by atoms with Crippen LogP contribution in [0, 0.1) is 17.7 Å². The molecule has 0 atom stereocenters. The lowest BCUT2D eigenvalue weighted by atomic mass is 9.63. The first-order valence-electron chi connectivity index (χ1n) is 6.87. The molecule has 19 heavy (non-hydrogen) atoms. The molecule has 1 saturated carbocycles. The van der Waals surface area contributed by atoms with Gasteiger partial charge in [0.15, 0.2) is 5.96 Å². The number of halogens is 1. The van der Waals surface area contributed by atoms with Gasteiger partial charge in [0.1, 0.15) is 5.82 Å². The number of hydrogen-bond donors (Lipinski definition) is 1. The largest absolute Gasteiger partial charge is 0.369 e. The third kappa shape index (κ3) is 1.90. The molecular weight excluding hydrogens is 241 g/mol. The Balaban J connectivity index is 1.88. The smallest absolute Gasteiger partial charge is 0.196 e. The molecule has 1 heterocycles. The standard InChI is InChI=1S/C15H20FN3/c1-10(2)11-7-15(8-11)9-18-14(17)19(15)13-5-3-4-12(16)6-13/h3-6,10-11H,7-9H2,1-2H3,(H2,17,18). The lowest BCUT2D eigenvalue weighted by Gasteiger charge is -2.52. The summed E-state index contributed by atoms with van der Waals surface area (Å²) in [4.78, 5) is 6.43. The average Bonchev–Trinajstić information content (AvgIpc) is 2.64. The summed E-state index contributed by atoms with van der Waals surface area (Å²) in [5.74, 6) is 1.69. The summed E-state index contributed by atoms with van der Waals surface area (Å²) in [6.07, 6.45) is 2.18. The summed E-state index contributed by atoms with van der Waals surface area (Å²) in [6.45, 7) is 5.24. The van der Waals surface area contributed by atoms with Gasteiger partial charge in [-0.1, -0.05) is 19.9 Å². The third-order valence-corrected chi connectivity index (χ3v) is 4.53. The Hall–Kier alpha value is -1.58. The van der Waals surface area contributed by atoms with E-state index in [4.69, 9.17) is 5.73 Å². The molecule has 1 aliphatic heterocycles. The topological polar surface area (TPSA) is 41.6 Å². The number of anilines is 1. The maximum Gasteiger partial charge on any atom is 0.196 e. The number of hydrogen-bond acceptors (Lipinski definition) is 3. The van der Waals surface area contributed by atoms with E-state index in [9.17, 15) is 4.39 Å². The molecule has 2 aliphatic rings. The summed E-state index contributed by atoms with van der Waals surface area (Å²) in [5.41, 5.74) is 6.83. The molecule has 0 unspecified atom stereocenters. The van der Waals surface area contributed by atoms with E-state index in [2.05, 4.69) is 18.8 Å². The minimum Gasteiger partial charge on any atom is -0.369 e. The second kappa shape index (κ2) is 4.22. The Morgan fingerprint density at radius 1 is 1.42 bits per heavy atom. The molecule has 0 saturated heterocycles. The minimum atomic E-state index is -0.230. The zero-order valence-corrected chi connectivity index (χ0v) is 11.4. The molecule has 0 radical (unpaired) electrons. The van der Waals surface area contributed by atoms with Gasteiger partial charge in [-0.2, -0.15) is 0 Å². The first-order chi connectivity index (χ1) is 9.02. The molecule has 1 aromatic rings. The first kappa shape index (κ1) is 12.5. The van der Waals surface area contributed by atoms with E-state index in [0.717, 1.165) is 31.0 Å². The second-order valence-electron chi connectivity index (χ2n) is 6.13. The van der Waals surface area contributed by atoms with E-state index in [0.29, 0.717) is 11.9 Å². The van der Waals surface area contributed by atoms with Gasteiger partial charge in [-0.25, -0.2) is 4.39 Å². The van der Waals surface area contributed by atoms with Gasteiger partial charge in [0, 0.05) is 5.69 Å². The highest BCUT2D eigenvalue weighted by molar-refractivity contribution is 5.98. The Bertz CT molecular complexity index is 518. The van der Waals surface area contributed by atoms with Crippen molar-refractivity contribution in [1.29, 1.82) is 0 Å². The van der Waals surface area contributed by atoms with Crippen molar-refractivity contribution in [2.24, 2.45) is 22.6 Å². The van der Waals surface area contributed by atoms with Crippen molar-refractivity contribution < 1.29 is 4.39 Å². The maximum absolute atomic E-state index is 13.4. The Morgan fingerprint density at radius 3 is 2.79 bits per heavy atom. The predicted octanol–water partition coefficient (Wildman–Crippen LogP) is 2.77. The van der Waals surface area contributed by atoms with Gasteiger partial charge in [-0.05, 0) is 42.9 Å². The van der Waals surface area contributed by atoms with Crippen molar-refractivity contribution in [2.75, 3.05) is 11.4 Å². The van der Waals surface area contributed by atoms with Crippen molar-refractivity contribution >= 4 is 11.6 Å². The van der Waals surface area contributed by atoms with Gasteiger partial charge in [0.05, 0.1) is 12.1 Å². The molecule has 1 fully saturated rings. The number of nitrogens with two attached hydrogens (primary N) is 1. The van der Waals surface area contributed by atoms with E-state index in [1.165, 1.54) is 12.1 Å². The highest BCUT2D eigenvalue weighted by atomic mass is 19.1. The van der Waals surface area contributed by atoms with Crippen LogP contribution in [0.4, 0.5) is 10.1 Å². The van der Waals surface area contributed by atoms with Crippen LogP contribution in [0.3, 0.4) is 0 Å². The van der Waals surface area contributed by atoms with E-state index in [1.54, 1.807) is 6.07 Å². The van der Waals surface area contributed by atoms with E-state index >= 15 is 0 Å². The fraction of sp³-hybridized carbons (Fsp3) is 0.533.